The molecule has 1 aliphatic rings. The lowest BCUT2D eigenvalue weighted by atomic mass is 9.98. The summed E-state index contributed by atoms with van der Waals surface area (Å²) in [7, 11) is 0. The lowest BCUT2D eigenvalue weighted by Crippen LogP contribution is -2.40. The third-order valence-electron chi connectivity index (χ3n) is 4.36. The largest absolute Gasteiger partial charge is 0.456 e. The number of carbonyl (C=O) groups is 2. The van der Waals surface area contributed by atoms with Crippen molar-refractivity contribution in [2.24, 2.45) is 5.92 Å². The molecule has 0 radical (unpaired) electrons. The zero-order chi connectivity index (χ0) is 18.2. The normalized spacial score (nSPS) is 18.5. The molecule has 0 unspecified atom stereocenters. The van der Waals surface area contributed by atoms with Gasteiger partial charge in [0.2, 0.25) is 5.91 Å². The van der Waals surface area contributed by atoms with E-state index in [0.29, 0.717) is 23.0 Å². The third kappa shape index (κ3) is 3.65. The van der Waals surface area contributed by atoms with E-state index in [1.165, 1.54) is 0 Å². The van der Waals surface area contributed by atoms with E-state index in [2.05, 4.69) is 4.98 Å². The van der Waals surface area contributed by atoms with Gasteiger partial charge in [0.25, 0.3) is 0 Å². The standard InChI is InChI=1S/C20H24N2O3/c1-13-6-5-11-22(18(13)23)14-7-8-17-16(12-14)15(9-10-21-17)19(24)25-20(2,3)4/h7-10,12-13H,5-6,11H2,1-4H3/t13-/m0/s1. The molecule has 1 aliphatic heterocycles. The fourth-order valence-corrected chi connectivity index (χ4v) is 3.12. The van der Waals surface area contributed by atoms with Gasteiger partial charge in [-0.2, -0.15) is 0 Å². The Hall–Kier alpha value is -2.43. The van der Waals surface area contributed by atoms with Gasteiger partial charge in [0.15, 0.2) is 0 Å². The highest BCUT2D eigenvalue weighted by atomic mass is 16.6. The Morgan fingerprint density at radius 1 is 1.28 bits per heavy atom. The number of amides is 1. The average Bonchev–Trinajstić information content (AvgIpc) is 2.55. The van der Waals surface area contributed by atoms with Crippen molar-refractivity contribution in [1.82, 2.24) is 4.98 Å². The molecule has 0 saturated carbocycles. The Morgan fingerprint density at radius 3 is 2.76 bits per heavy atom. The predicted octanol–water partition coefficient (Wildman–Crippen LogP) is 3.95. The van der Waals surface area contributed by atoms with Crippen LogP contribution in [-0.2, 0) is 9.53 Å². The van der Waals surface area contributed by atoms with Crippen molar-refractivity contribution in [1.29, 1.82) is 0 Å². The number of piperidine rings is 1. The highest BCUT2D eigenvalue weighted by molar-refractivity contribution is 6.05. The molecule has 0 spiro atoms. The lowest BCUT2D eigenvalue weighted by molar-refractivity contribution is -0.123. The van der Waals surface area contributed by atoms with Crippen molar-refractivity contribution in [3.8, 4) is 0 Å². The number of benzene rings is 1. The van der Waals surface area contributed by atoms with Gasteiger partial charge in [0.05, 0.1) is 11.1 Å². The van der Waals surface area contributed by atoms with E-state index < -0.39 is 5.60 Å². The number of esters is 1. The molecule has 1 aromatic carbocycles. The van der Waals surface area contributed by atoms with Crippen LogP contribution in [0.15, 0.2) is 30.5 Å². The summed E-state index contributed by atoms with van der Waals surface area (Å²) in [5.74, 6) is -0.215. The van der Waals surface area contributed by atoms with Gasteiger partial charge in [-0.15, -0.1) is 0 Å². The number of aromatic nitrogens is 1. The monoisotopic (exact) mass is 340 g/mol. The topological polar surface area (TPSA) is 59.5 Å². The number of ether oxygens (including phenoxy) is 1. The fourth-order valence-electron chi connectivity index (χ4n) is 3.12. The van der Waals surface area contributed by atoms with E-state index in [1.807, 2.05) is 45.9 Å². The summed E-state index contributed by atoms with van der Waals surface area (Å²) in [6.45, 7) is 8.19. The van der Waals surface area contributed by atoms with Crippen LogP contribution >= 0.6 is 0 Å². The maximum Gasteiger partial charge on any atom is 0.339 e. The van der Waals surface area contributed by atoms with Gasteiger partial charge in [-0.05, 0) is 57.9 Å². The van der Waals surface area contributed by atoms with Gasteiger partial charge in [-0.25, -0.2) is 4.79 Å². The average molecular weight is 340 g/mol. The first-order chi connectivity index (χ1) is 11.8. The Bertz CT molecular complexity index is 823. The van der Waals surface area contributed by atoms with Crippen LogP contribution in [0.1, 0.15) is 50.9 Å². The molecule has 0 bridgehead atoms. The maximum absolute atomic E-state index is 12.5. The fraction of sp³-hybridized carbons (Fsp3) is 0.450. The number of fused-ring (bicyclic) bond motifs is 1. The smallest absolute Gasteiger partial charge is 0.339 e. The van der Waals surface area contributed by atoms with Crippen LogP contribution in [0.4, 0.5) is 5.69 Å². The van der Waals surface area contributed by atoms with Crippen molar-refractivity contribution in [3.05, 3.63) is 36.0 Å². The maximum atomic E-state index is 12.5. The van der Waals surface area contributed by atoms with E-state index in [4.69, 9.17) is 4.74 Å². The molecule has 1 fully saturated rings. The molecule has 2 heterocycles. The van der Waals surface area contributed by atoms with Crippen molar-refractivity contribution in [2.45, 2.75) is 46.1 Å². The molecular weight excluding hydrogens is 316 g/mol. The molecule has 0 N–H and O–H groups in total. The number of pyridine rings is 1. The number of anilines is 1. The summed E-state index contributed by atoms with van der Waals surface area (Å²) in [6.07, 6.45) is 3.51. The summed E-state index contributed by atoms with van der Waals surface area (Å²) in [4.78, 5) is 31.2. The van der Waals surface area contributed by atoms with Crippen molar-refractivity contribution >= 4 is 28.5 Å². The highest BCUT2D eigenvalue weighted by Crippen LogP contribution is 2.29. The molecule has 5 nitrogen and oxygen atoms in total. The summed E-state index contributed by atoms with van der Waals surface area (Å²) in [5, 5.41) is 0.709. The van der Waals surface area contributed by atoms with Gasteiger partial charge in [0.1, 0.15) is 5.60 Å². The van der Waals surface area contributed by atoms with Crippen LogP contribution in [0.3, 0.4) is 0 Å². The second kappa shape index (κ2) is 6.47. The van der Waals surface area contributed by atoms with Crippen LogP contribution in [0, 0.1) is 5.92 Å². The molecule has 5 heteroatoms. The lowest BCUT2D eigenvalue weighted by Gasteiger charge is -2.31. The molecule has 132 valence electrons. The van der Waals surface area contributed by atoms with Crippen LogP contribution in [0.2, 0.25) is 0 Å². The number of rotatable bonds is 2. The van der Waals surface area contributed by atoms with Crippen molar-refractivity contribution in [3.63, 3.8) is 0 Å². The molecule has 25 heavy (non-hydrogen) atoms. The van der Waals surface area contributed by atoms with Crippen LogP contribution in [0.25, 0.3) is 10.9 Å². The van der Waals surface area contributed by atoms with Gasteiger partial charge in [0, 0.05) is 29.7 Å². The van der Waals surface area contributed by atoms with Crippen LogP contribution < -0.4 is 4.90 Å². The van der Waals surface area contributed by atoms with Crippen LogP contribution in [0.5, 0.6) is 0 Å². The van der Waals surface area contributed by atoms with Gasteiger partial charge in [-0.3, -0.25) is 9.78 Å². The Morgan fingerprint density at radius 2 is 2.04 bits per heavy atom. The number of nitrogens with zero attached hydrogens (tertiary/aromatic N) is 2. The Labute approximate surface area is 148 Å². The molecule has 0 aliphatic carbocycles. The number of hydrogen-bond acceptors (Lipinski definition) is 4. The molecule has 2 aromatic rings. The molecule has 3 rings (SSSR count). The first-order valence-corrected chi connectivity index (χ1v) is 8.70. The molecule has 1 amide bonds. The first-order valence-electron chi connectivity index (χ1n) is 8.70. The summed E-state index contributed by atoms with van der Waals surface area (Å²) < 4.78 is 5.51. The molecule has 1 aromatic heterocycles. The van der Waals surface area contributed by atoms with Crippen LogP contribution in [-0.4, -0.2) is 29.0 Å². The minimum Gasteiger partial charge on any atom is -0.456 e. The molecule has 1 atom stereocenters. The summed E-state index contributed by atoms with van der Waals surface area (Å²) in [6, 6.07) is 7.29. The van der Waals surface area contributed by atoms with Gasteiger partial charge < -0.3 is 9.64 Å². The highest BCUT2D eigenvalue weighted by Gasteiger charge is 2.27. The first kappa shape index (κ1) is 17.4. The van der Waals surface area contributed by atoms with E-state index in [1.54, 1.807) is 17.2 Å². The second-order valence-corrected chi connectivity index (χ2v) is 7.60. The summed E-state index contributed by atoms with van der Waals surface area (Å²) >= 11 is 0. The molecule has 1 saturated heterocycles. The SMILES string of the molecule is C[C@H]1CCCN(c2ccc3nccc(C(=O)OC(C)(C)C)c3c2)C1=O. The van der Waals surface area contributed by atoms with E-state index in [9.17, 15) is 9.59 Å². The van der Waals surface area contributed by atoms with Gasteiger partial charge in [-0.1, -0.05) is 6.92 Å². The van der Waals surface area contributed by atoms with E-state index in [-0.39, 0.29) is 17.8 Å². The van der Waals surface area contributed by atoms with Crippen molar-refractivity contribution in [2.75, 3.05) is 11.4 Å². The van der Waals surface area contributed by atoms with Gasteiger partial charge >= 0.3 is 5.97 Å². The predicted molar refractivity (Wildman–Crippen MR) is 97.7 cm³/mol. The third-order valence-corrected chi connectivity index (χ3v) is 4.36. The number of carbonyl (C=O) groups excluding carboxylic acids is 2. The minimum absolute atomic E-state index is 0.0312. The van der Waals surface area contributed by atoms with E-state index >= 15 is 0 Å². The zero-order valence-electron chi connectivity index (χ0n) is 15.2. The molecular formula is C20H24N2O3. The zero-order valence-corrected chi connectivity index (χ0v) is 15.2. The van der Waals surface area contributed by atoms with Crippen molar-refractivity contribution < 1.29 is 14.3 Å². The number of hydrogen-bond donors (Lipinski definition) is 0. The van der Waals surface area contributed by atoms with E-state index in [0.717, 1.165) is 18.5 Å². The Balaban J connectivity index is 2.03. The Kier molecular flexibility index (Phi) is 4.50. The minimum atomic E-state index is -0.567. The summed E-state index contributed by atoms with van der Waals surface area (Å²) in [5.41, 5.74) is 1.42. The quantitative estimate of drug-likeness (QED) is 0.777. The second-order valence-electron chi connectivity index (χ2n) is 7.60.